The molecular formula is C23H24FN3O5. The maximum absolute atomic E-state index is 13.9. The van der Waals surface area contributed by atoms with Crippen molar-refractivity contribution >= 4 is 22.6 Å². The summed E-state index contributed by atoms with van der Waals surface area (Å²) in [6.45, 7) is 3.77. The van der Waals surface area contributed by atoms with E-state index in [1.54, 1.807) is 44.2 Å². The second-order valence-corrected chi connectivity index (χ2v) is 6.97. The average Bonchev–Trinajstić information content (AvgIpc) is 2.81. The quantitative estimate of drug-likeness (QED) is 0.500. The first-order valence-corrected chi connectivity index (χ1v) is 10.2. The summed E-state index contributed by atoms with van der Waals surface area (Å²) in [6, 6.07) is 11.1. The van der Waals surface area contributed by atoms with Crippen molar-refractivity contribution in [3.63, 3.8) is 0 Å². The number of methoxy groups -OCH3 is 1. The van der Waals surface area contributed by atoms with Crippen LogP contribution in [0.25, 0.3) is 10.8 Å². The molecule has 3 aromatic rings. The summed E-state index contributed by atoms with van der Waals surface area (Å²) in [5, 5.41) is 4.82. The van der Waals surface area contributed by atoms with Crippen molar-refractivity contribution in [3.05, 3.63) is 69.9 Å². The van der Waals surface area contributed by atoms with Gasteiger partial charge in [-0.05, 0) is 37.6 Å². The van der Waals surface area contributed by atoms with Crippen LogP contribution in [-0.2, 0) is 22.6 Å². The lowest BCUT2D eigenvalue weighted by Gasteiger charge is -2.21. The van der Waals surface area contributed by atoms with Crippen LogP contribution in [0.5, 0.6) is 5.75 Å². The summed E-state index contributed by atoms with van der Waals surface area (Å²) < 4.78 is 25.2. The van der Waals surface area contributed by atoms with Crippen molar-refractivity contribution in [1.29, 1.82) is 0 Å². The molecule has 0 N–H and O–H groups in total. The zero-order valence-electron chi connectivity index (χ0n) is 18.1. The van der Waals surface area contributed by atoms with Crippen LogP contribution >= 0.6 is 0 Å². The molecule has 0 atom stereocenters. The lowest BCUT2D eigenvalue weighted by molar-refractivity contribution is -0.135. The molecule has 9 heteroatoms. The van der Waals surface area contributed by atoms with Crippen molar-refractivity contribution in [3.8, 4) is 5.75 Å². The van der Waals surface area contributed by atoms with Gasteiger partial charge < -0.3 is 14.4 Å². The Labute approximate surface area is 184 Å². The van der Waals surface area contributed by atoms with E-state index in [1.165, 1.54) is 28.8 Å². The Morgan fingerprint density at radius 1 is 1.12 bits per heavy atom. The number of carbonyl (C=O) groups is 2. The summed E-state index contributed by atoms with van der Waals surface area (Å²) in [6.07, 6.45) is 0. The van der Waals surface area contributed by atoms with E-state index in [1.807, 2.05) is 0 Å². The highest BCUT2D eigenvalue weighted by Gasteiger charge is 2.20. The minimum Gasteiger partial charge on any atom is -0.494 e. The molecule has 1 heterocycles. The predicted octanol–water partition coefficient (Wildman–Crippen LogP) is 2.77. The molecule has 3 rings (SSSR count). The van der Waals surface area contributed by atoms with Crippen molar-refractivity contribution in [2.45, 2.75) is 26.9 Å². The monoisotopic (exact) mass is 441 g/mol. The maximum atomic E-state index is 13.9. The van der Waals surface area contributed by atoms with E-state index in [2.05, 4.69) is 5.10 Å². The van der Waals surface area contributed by atoms with Crippen molar-refractivity contribution in [2.75, 3.05) is 20.3 Å². The normalized spacial score (nSPS) is 10.8. The van der Waals surface area contributed by atoms with Gasteiger partial charge in [0.05, 0.1) is 12.5 Å². The third-order valence-corrected chi connectivity index (χ3v) is 5.01. The maximum Gasteiger partial charge on any atom is 0.359 e. The predicted molar refractivity (Wildman–Crippen MR) is 116 cm³/mol. The fraction of sp³-hybridized carbons (Fsp3) is 0.304. The zero-order valence-corrected chi connectivity index (χ0v) is 18.1. The molecule has 0 fully saturated rings. The first-order chi connectivity index (χ1) is 15.4. The van der Waals surface area contributed by atoms with Crippen LogP contribution in [0.3, 0.4) is 0 Å². The van der Waals surface area contributed by atoms with E-state index in [4.69, 9.17) is 9.47 Å². The van der Waals surface area contributed by atoms with Crippen LogP contribution in [0.2, 0.25) is 0 Å². The van der Waals surface area contributed by atoms with Gasteiger partial charge in [-0.15, -0.1) is 0 Å². The molecule has 0 aliphatic rings. The van der Waals surface area contributed by atoms with Gasteiger partial charge in [0.25, 0.3) is 11.5 Å². The van der Waals surface area contributed by atoms with Crippen LogP contribution in [0.1, 0.15) is 29.9 Å². The third kappa shape index (κ3) is 4.77. The Bertz CT molecular complexity index is 1210. The van der Waals surface area contributed by atoms with Gasteiger partial charge in [-0.2, -0.15) is 5.10 Å². The van der Waals surface area contributed by atoms with E-state index in [-0.39, 0.29) is 30.1 Å². The number of nitrogens with zero attached hydrogens (tertiary/aromatic N) is 3. The number of halogens is 1. The number of likely N-dealkylation sites (N-methyl/N-ethyl adjacent to an activating group) is 1. The Morgan fingerprint density at radius 2 is 1.84 bits per heavy atom. The molecule has 0 radical (unpaired) electrons. The second kappa shape index (κ2) is 10.0. The SMILES string of the molecule is CCN(Cc1ccc(OC)c(F)c1)C(=O)COC(=O)c1nn(CC)c(=O)c2ccccc12. The average molecular weight is 441 g/mol. The van der Waals surface area contributed by atoms with Gasteiger partial charge in [-0.1, -0.05) is 24.3 Å². The Morgan fingerprint density at radius 3 is 2.47 bits per heavy atom. The molecule has 0 unspecified atom stereocenters. The number of amides is 1. The highest BCUT2D eigenvalue weighted by Crippen LogP contribution is 2.19. The molecule has 0 saturated carbocycles. The smallest absolute Gasteiger partial charge is 0.359 e. The van der Waals surface area contributed by atoms with E-state index in [0.29, 0.717) is 22.9 Å². The van der Waals surface area contributed by atoms with Gasteiger partial charge in [0.2, 0.25) is 0 Å². The standard InChI is InChI=1S/C23H24FN3O5/c1-4-26(13-15-10-11-19(31-3)18(24)12-15)20(28)14-32-23(30)21-16-8-6-7-9-17(16)22(29)27(5-2)25-21/h6-12H,4-5,13-14H2,1-3H3. The number of aryl methyl sites for hydroxylation is 1. The molecule has 0 saturated heterocycles. The lowest BCUT2D eigenvalue weighted by Crippen LogP contribution is -2.34. The van der Waals surface area contributed by atoms with E-state index in [9.17, 15) is 18.8 Å². The lowest BCUT2D eigenvalue weighted by atomic mass is 10.1. The number of fused-ring (bicyclic) bond motifs is 1. The minimum atomic E-state index is -0.803. The van der Waals surface area contributed by atoms with Gasteiger partial charge in [0.1, 0.15) is 0 Å². The van der Waals surface area contributed by atoms with Crippen molar-refractivity contribution < 1.29 is 23.5 Å². The van der Waals surface area contributed by atoms with Gasteiger partial charge in [-0.3, -0.25) is 9.59 Å². The second-order valence-electron chi connectivity index (χ2n) is 6.97. The fourth-order valence-electron chi connectivity index (χ4n) is 3.29. The highest BCUT2D eigenvalue weighted by molar-refractivity contribution is 6.02. The summed E-state index contributed by atoms with van der Waals surface area (Å²) in [5.41, 5.74) is 0.238. The number of carbonyl (C=O) groups excluding carboxylic acids is 2. The van der Waals surface area contributed by atoms with Crippen LogP contribution < -0.4 is 10.3 Å². The molecule has 0 bridgehead atoms. The van der Waals surface area contributed by atoms with Crippen LogP contribution in [0.4, 0.5) is 4.39 Å². The van der Waals surface area contributed by atoms with E-state index in [0.717, 1.165) is 0 Å². The molecule has 0 aliphatic carbocycles. The van der Waals surface area contributed by atoms with Gasteiger partial charge in [-0.25, -0.2) is 13.9 Å². The number of rotatable bonds is 8. The summed E-state index contributed by atoms with van der Waals surface area (Å²) >= 11 is 0. The zero-order chi connectivity index (χ0) is 23.3. The molecule has 1 aromatic heterocycles. The van der Waals surface area contributed by atoms with Crippen LogP contribution in [0.15, 0.2) is 47.3 Å². The molecule has 8 nitrogen and oxygen atoms in total. The van der Waals surface area contributed by atoms with E-state index < -0.39 is 24.3 Å². The summed E-state index contributed by atoms with van der Waals surface area (Å²) in [7, 11) is 1.37. The molecule has 32 heavy (non-hydrogen) atoms. The van der Waals surface area contributed by atoms with Crippen LogP contribution in [-0.4, -0.2) is 46.8 Å². The number of hydrogen-bond donors (Lipinski definition) is 0. The van der Waals surface area contributed by atoms with Crippen LogP contribution in [0, 0.1) is 5.82 Å². The molecule has 0 spiro atoms. The largest absolute Gasteiger partial charge is 0.494 e. The third-order valence-electron chi connectivity index (χ3n) is 5.01. The minimum absolute atomic E-state index is 0.0323. The van der Waals surface area contributed by atoms with E-state index >= 15 is 0 Å². The number of benzene rings is 2. The number of hydrogen-bond acceptors (Lipinski definition) is 6. The molecule has 168 valence electrons. The van der Waals surface area contributed by atoms with Gasteiger partial charge >= 0.3 is 5.97 Å². The number of esters is 1. The molecule has 2 aromatic carbocycles. The Kier molecular flexibility index (Phi) is 7.19. The number of ether oxygens (including phenoxy) is 2. The van der Waals surface area contributed by atoms with Gasteiger partial charge in [0.15, 0.2) is 23.9 Å². The summed E-state index contributed by atoms with van der Waals surface area (Å²) in [5.74, 6) is -1.65. The van der Waals surface area contributed by atoms with Gasteiger partial charge in [0, 0.05) is 25.0 Å². The first-order valence-electron chi connectivity index (χ1n) is 10.2. The number of aromatic nitrogens is 2. The first kappa shape index (κ1) is 22.9. The molecule has 0 aliphatic heterocycles. The molecular weight excluding hydrogens is 417 g/mol. The Balaban J connectivity index is 1.74. The summed E-state index contributed by atoms with van der Waals surface area (Å²) in [4.78, 5) is 39.2. The molecule has 1 amide bonds. The Hall–Kier alpha value is -3.75. The fourth-order valence-corrected chi connectivity index (χ4v) is 3.29. The van der Waals surface area contributed by atoms with Crippen molar-refractivity contribution in [1.82, 2.24) is 14.7 Å². The topological polar surface area (TPSA) is 90.7 Å². The highest BCUT2D eigenvalue weighted by atomic mass is 19.1. The van der Waals surface area contributed by atoms with Crippen molar-refractivity contribution in [2.24, 2.45) is 0 Å².